The lowest BCUT2D eigenvalue weighted by Gasteiger charge is -2.17. The van der Waals surface area contributed by atoms with Crippen LogP contribution in [0.1, 0.15) is 37.3 Å². The van der Waals surface area contributed by atoms with Gasteiger partial charge < -0.3 is 4.74 Å². The van der Waals surface area contributed by atoms with Crippen LogP contribution in [0.25, 0.3) is 0 Å². The van der Waals surface area contributed by atoms with Crippen LogP contribution in [0.4, 0.5) is 0 Å². The van der Waals surface area contributed by atoms with Crippen molar-refractivity contribution < 1.29 is 4.74 Å². The third-order valence-corrected chi connectivity index (χ3v) is 4.46. The third-order valence-electron chi connectivity index (χ3n) is 4.46. The smallest absolute Gasteiger partial charge is 0.122 e. The summed E-state index contributed by atoms with van der Waals surface area (Å²) in [4.78, 5) is 0. The van der Waals surface area contributed by atoms with Crippen molar-refractivity contribution in [2.75, 3.05) is 7.11 Å². The standard InChI is InChI=1S/C14H18O/c1-14(2)10-8-7-9-5-4-6-11(15-3)12(9)13(10)14/h4-6,10,13H,7-8H2,1-3H3/t10-,13-/m1/s1. The van der Waals surface area contributed by atoms with Gasteiger partial charge in [-0.15, -0.1) is 0 Å². The maximum absolute atomic E-state index is 5.50. The van der Waals surface area contributed by atoms with Crippen molar-refractivity contribution in [1.29, 1.82) is 0 Å². The van der Waals surface area contributed by atoms with Crippen LogP contribution in [0.15, 0.2) is 18.2 Å². The molecule has 1 heteroatoms. The van der Waals surface area contributed by atoms with Crippen LogP contribution in [0.3, 0.4) is 0 Å². The van der Waals surface area contributed by atoms with Gasteiger partial charge in [-0.3, -0.25) is 0 Å². The fourth-order valence-corrected chi connectivity index (χ4v) is 3.51. The molecule has 0 bridgehead atoms. The molecule has 0 radical (unpaired) electrons. The van der Waals surface area contributed by atoms with E-state index in [0.29, 0.717) is 5.41 Å². The van der Waals surface area contributed by atoms with Crippen molar-refractivity contribution >= 4 is 0 Å². The van der Waals surface area contributed by atoms with Gasteiger partial charge in [-0.25, -0.2) is 0 Å². The van der Waals surface area contributed by atoms with Gasteiger partial charge >= 0.3 is 0 Å². The first-order valence-electron chi connectivity index (χ1n) is 5.82. The molecule has 0 spiro atoms. The van der Waals surface area contributed by atoms with Gasteiger partial charge in [0.15, 0.2) is 0 Å². The minimum Gasteiger partial charge on any atom is -0.496 e. The lowest BCUT2D eigenvalue weighted by Crippen LogP contribution is -2.03. The van der Waals surface area contributed by atoms with Gasteiger partial charge in [0.1, 0.15) is 5.75 Å². The Morgan fingerprint density at radius 3 is 2.87 bits per heavy atom. The van der Waals surface area contributed by atoms with E-state index in [-0.39, 0.29) is 0 Å². The third kappa shape index (κ3) is 1.09. The lowest BCUT2D eigenvalue weighted by atomic mass is 9.91. The quantitative estimate of drug-likeness (QED) is 0.678. The molecule has 0 aromatic heterocycles. The Hall–Kier alpha value is -0.980. The highest BCUT2D eigenvalue weighted by Gasteiger charge is 2.60. The van der Waals surface area contributed by atoms with E-state index < -0.39 is 0 Å². The van der Waals surface area contributed by atoms with Gasteiger partial charge in [-0.2, -0.15) is 0 Å². The summed E-state index contributed by atoms with van der Waals surface area (Å²) in [7, 11) is 1.79. The first-order chi connectivity index (χ1) is 7.16. The zero-order valence-electron chi connectivity index (χ0n) is 9.71. The summed E-state index contributed by atoms with van der Waals surface area (Å²) >= 11 is 0. The maximum Gasteiger partial charge on any atom is 0.122 e. The van der Waals surface area contributed by atoms with E-state index in [4.69, 9.17) is 4.74 Å². The van der Waals surface area contributed by atoms with Crippen LogP contribution in [-0.4, -0.2) is 7.11 Å². The monoisotopic (exact) mass is 202 g/mol. The van der Waals surface area contributed by atoms with Crippen molar-refractivity contribution in [2.24, 2.45) is 11.3 Å². The first kappa shape index (κ1) is 9.26. The Kier molecular flexibility index (Phi) is 1.72. The van der Waals surface area contributed by atoms with E-state index in [1.54, 1.807) is 7.11 Å². The molecule has 0 N–H and O–H groups in total. The number of aryl methyl sites for hydroxylation is 1. The minimum absolute atomic E-state index is 0.500. The first-order valence-corrected chi connectivity index (χ1v) is 5.82. The van der Waals surface area contributed by atoms with Crippen molar-refractivity contribution in [3.8, 4) is 5.75 Å². The van der Waals surface area contributed by atoms with Gasteiger partial charge in [-0.1, -0.05) is 26.0 Å². The Labute approximate surface area is 91.5 Å². The fraction of sp³-hybridized carbons (Fsp3) is 0.571. The molecule has 0 saturated heterocycles. The Balaban J connectivity index is 2.13. The molecule has 1 saturated carbocycles. The van der Waals surface area contributed by atoms with E-state index in [1.807, 2.05) is 0 Å². The van der Waals surface area contributed by atoms with Crippen LogP contribution >= 0.6 is 0 Å². The maximum atomic E-state index is 5.50. The zero-order valence-corrected chi connectivity index (χ0v) is 9.71. The molecular formula is C14H18O. The summed E-state index contributed by atoms with van der Waals surface area (Å²) in [5.74, 6) is 2.74. The molecule has 0 heterocycles. The Morgan fingerprint density at radius 1 is 1.33 bits per heavy atom. The number of hydrogen-bond acceptors (Lipinski definition) is 1. The minimum atomic E-state index is 0.500. The zero-order chi connectivity index (χ0) is 10.6. The second-order valence-corrected chi connectivity index (χ2v) is 5.48. The topological polar surface area (TPSA) is 9.23 Å². The van der Waals surface area contributed by atoms with E-state index in [0.717, 1.165) is 17.6 Å². The molecule has 80 valence electrons. The SMILES string of the molecule is COc1cccc2c1[C@H]1[C@@H](CC2)C1(C)C. The number of hydrogen-bond donors (Lipinski definition) is 0. The molecule has 0 unspecified atom stereocenters. The van der Waals surface area contributed by atoms with Gasteiger partial charge in [0, 0.05) is 5.56 Å². The molecule has 1 nitrogen and oxygen atoms in total. The largest absolute Gasteiger partial charge is 0.496 e. The lowest BCUT2D eigenvalue weighted by molar-refractivity contribution is 0.406. The normalized spacial score (nSPS) is 30.3. The van der Waals surface area contributed by atoms with Gasteiger partial charge in [0.25, 0.3) is 0 Å². The molecule has 15 heavy (non-hydrogen) atoms. The highest BCUT2D eigenvalue weighted by atomic mass is 16.5. The number of methoxy groups -OCH3 is 1. The molecule has 1 fully saturated rings. The van der Waals surface area contributed by atoms with Crippen molar-refractivity contribution in [2.45, 2.75) is 32.6 Å². The molecule has 0 amide bonds. The number of ether oxygens (including phenoxy) is 1. The summed E-state index contributed by atoms with van der Waals surface area (Å²) in [5, 5.41) is 0. The summed E-state index contributed by atoms with van der Waals surface area (Å²) in [6, 6.07) is 6.49. The van der Waals surface area contributed by atoms with Gasteiger partial charge in [0.05, 0.1) is 7.11 Å². The Morgan fingerprint density at radius 2 is 2.13 bits per heavy atom. The van der Waals surface area contributed by atoms with Gasteiger partial charge in [-0.05, 0) is 41.7 Å². The van der Waals surface area contributed by atoms with E-state index in [2.05, 4.69) is 32.0 Å². The predicted octanol–water partition coefficient (Wildman–Crippen LogP) is 3.38. The summed E-state index contributed by atoms with van der Waals surface area (Å²) in [5.41, 5.74) is 3.52. The molecule has 2 aliphatic carbocycles. The van der Waals surface area contributed by atoms with Crippen LogP contribution in [0.5, 0.6) is 5.75 Å². The average Bonchev–Trinajstić information content (AvgIpc) is 2.81. The summed E-state index contributed by atoms with van der Waals surface area (Å²) in [6.07, 6.45) is 2.59. The summed E-state index contributed by atoms with van der Waals surface area (Å²) < 4.78 is 5.50. The van der Waals surface area contributed by atoms with Crippen molar-refractivity contribution in [1.82, 2.24) is 0 Å². The van der Waals surface area contributed by atoms with E-state index in [1.165, 1.54) is 24.0 Å². The van der Waals surface area contributed by atoms with Gasteiger partial charge in [0.2, 0.25) is 0 Å². The van der Waals surface area contributed by atoms with Crippen LogP contribution < -0.4 is 4.74 Å². The van der Waals surface area contributed by atoms with E-state index >= 15 is 0 Å². The Bertz CT molecular complexity index is 392. The molecule has 1 aromatic rings. The van der Waals surface area contributed by atoms with Crippen LogP contribution in [0, 0.1) is 11.3 Å². The van der Waals surface area contributed by atoms with Crippen LogP contribution in [0.2, 0.25) is 0 Å². The molecule has 1 aromatic carbocycles. The number of fused-ring (bicyclic) bond motifs is 3. The van der Waals surface area contributed by atoms with Crippen molar-refractivity contribution in [3.05, 3.63) is 29.3 Å². The molecule has 2 aliphatic rings. The molecule has 3 rings (SSSR count). The number of rotatable bonds is 1. The van der Waals surface area contributed by atoms with Crippen LogP contribution in [-0.2, 0) is 6.42 Å². The molecule has 2 atom stereocenters. The molecular weight excluding hydrogens is 184 g/mol. The second kappa shape index (κ2) is 2.78. The van der Waals surface area contributed by atoms with Crippen molar-refractivity contribution in [3.63, 3.8) is 0 Å². The van der Waals surface area contributed by atoms with E-state index in [9.17, 15) is 0 Å². The molecule has 0 aliphatic heterocycles. The highest BCUT2D eigenvalue weighted by molar-refractivity contribution is 5.50. The number of benzene rings is 1. The summed E-state index contributed by atoms with van der Waals surface area (Å²) in [6.45, 7) is 4.79. The predicted molar refractivity (Wildman–Crippen MR) is 61.3 cm³/mol. The highest BCUT2D eigenvalue weighted by Crippen LogP contribution is 2.69. The second-order valence-electron chi connectivity index (χ2n) is 5.48. The average molecular weight is 202 g/mol. The fourth-order valence-electron chi connectivity index (χ4n) is 3.51.